The molecule has 0 fully saturated rings. The van der Waals surface area contributed by atoms with Crippen molar-refractivity contribution >= 4 is 46.1 Å². The Morgan fingerprint density at radius 3 is 2.00 bits per heavy atom. The summed E-state index contributed by atoms with van der Waals surface area (Å²) in [5, 5.41) is 3.08. The highest BCUT2D eigenvalue weighted by atomic mass is 32.2. The Kier molecular flexibility index (Phi) is 11.4. The fraction of sp³-hybridized carbons (Fsp3) is 0.765. The van der Waals surface area contributed by atoms with Crippen molar-refractivity contribution in [2.75, 3.05) is 40.7 Å². The third-order valence-electron chi connectivity index (χ3n) is 3.86. The quantitative estimate of drug-likeness (QED) is 0.177. The van der Waals surface area contributed by atoms with Gasteiger partial charge in [0.1, 0.15) is 16.4 Å². The Hall–Kier alpha value is -2.30. The number of ether oxygens (including phenoxy) is 3. The molecule has 14 nitrogen and oxygen atoms in total. The normalized spacial score (nSPS) is 14.3. The number of nitrogens with one attached hydrogen (secondary N) is 1. The Morgan fingerprint density at radius 2 is 1.61 bits per heavy atom. The number of hydroxylamine groups is 2. The van der Waals surface area contributed by atoms with Crippen molar-refractivity contribution in [2.45, 2.75) is 44.1 Å². The number of nitrogens with zero attached hydrogens (tertiary/aromatic N) is 2. The van der Waals surface area contributed by atoms with Gasteiger partial charge in [0.25, 0.3) is 5.91 Å². The molecule has 0 unspecified atom stereocenters. The predicted molar refractivity (Wildman–Crippen MR) is 116 cm³/mol. The zero-order chi connectivity index (χ0) is 26.2. The van der Waals surface area contributed by atoms with E-state index in [1.807, 2.05) is 0 Å². The number of carbonyl (C=O) groups excluding carboxylic acids is 4. The topological polar surface area (TPSA) is 178 Å². The second-order valence-corrected chi connectivity index (χ2v) is 10.6. The van der Waals surface area contributed by atoms with Crippen molar-refractivity contribution in [2.24, 2.45) is 0 Å². The van der Waals surface area contributed by atoms with Crippen LogP contribution in [0.5, 0.6) is 0 Å². The van der Waals surface area contributed by atoms with E-state index in [2.05, 4.69) is 14.8 Å². The highest BCUT2D eigenvalue weighted by Crippen LogP contribution is 2.30. The third-order valence-corrected chi connectivity index (χ3v) is 6.14. The van der Waals surface area contributed by atoms with Gasteiger partial charge in [-0.05, 0) is 27.7 Å². The minimum Gasteiger partial charge on any atom is -0.467 e. The number of alkyl carbamates (subject to hydrolysis) is 1. The van der Waals surface area contributed by atoms with Gasteiger partial charge >= 0.3 is 28.5 Å². The molecule has 0 aromatic carbocycles. The molecule has 2 N–H and O–H groups in total. The Balaban J connectivity index is 5.98. The Morgan fingerprint density at radius 1 is 1.06 bits per heavy atom. The summed E-state index contributed by atoms with van der Waals surface area (Å²) >= 11 is 0.692. The maximum absolute atomic E-state index is 12.9. The van der Waals surface area contributed by atoms with Gasteiger partial charge in [-0.3, -0.25) is 14.2 Å². The van der Waals surface area contributed by atoms with Crippen LogP contribution in [0.4, 0.5) is 9.59 Å². The predicted octanol–water partition coefficient (Wildman–Crippen LogP) is 0.436. The number of rotatable bonds is 10. The number of carbonyl (C=O) groups is 4. The lowest BCUT2D eigenvalue weighted by molar-refractivity contribution is -0.171. The molecule has 0 saturated carbocycles. The van der Waals surface area contributed by atoms with E-state index in [1.54, 1.807) is 20.8 Å². The Labute approximate surface area is 197 Å². The zero-order valence-corrected chi connectivity index (χ0v) is 21.4. The number of methoxy groups -OCH3 is 2. The van der Waals surface area contributed by atoms with Gasteiger partial charge in [-0.1, -0.05) is 0 Å². The van der Waals surface area contributed by atoms with Crippen LogP contribution in [0, 0.1) is 0 Å². The fourth-order valence-electron chi connectivity index (χ4n) is 2.24. The van der Waals surface area contributed by atoms with Crippen LogP contribution >= 0.6 is 11.8 Å². The molecule has 192 valence electrons. The van der Waals surface area contributed by atoms with Crippen LogP contribution in [0.3, 0.4) is 0 Å². The van der Waals surface area contributed by atoms with Gasteiger partial charge in [0.15, 0.2) is 0 Å². The van der Waals surface area contributed by atoms with E-state index >= 15 is 0 Å². The summed E-state index contributed by atoms with van der Waals surface area (Å²) in [6.07, 6.45) is -2.39. The van der Waals surface area contributed by atoms with Crippen LogP contribution in [0.15, 0.2) is 0 Å². The molecule has 0 aromatic rings. The van der Waals surface area contributed by atoms with Crippen LogP contribution in [-0.2, 0) is 38.9 Å². The smallest absolute Gasteiger partial charge is 0.425 e. The lowest BCUT2D eigenvalue weighted by Crippen LogP contribution is -2.54. The van der Waals surface area contributed by atoms with Crippen molar-refractivity contribution in [1.29, 1.82) is 0 Å². The van der Waals surface area contributed by atoms with Crippen LogP contribution in [0.2, 0.25) is 0 Å². The van der Waals surface area contributed by atoms with E-state index in [9.17, 15) is 32.1 Å². The number of hydrogen-bond acceptors (Lipinski definition) is 11. The molecule has 0 heterocycles. The number of esters is 1. The average Bonchev–Trinajstić information content (AvgIpc) is 2.70. The van der Waals surface area contributed by atoms with E-state index in [1.165, 1.54) is 21.1 Å². The number of hydrogen-bond donors (Lipinski definition) is 2. The third kappa shape index (κ3) is 10.0. The van der Waals surface area contributed by atoms with Crippen molar-refractivity contribution < 1.29 is 51.2 Å². The van der Waals surface area contributed by atoms with Gasteiger partial charge in [-0.25, -0.2) is 19.4 Å². The number of thioether (sulfide) groups is 1. The highest BCUT2D eigenvalue weighted by molar-refractivity contribution is 8.01. The summed E-state index contributed by atoms with van der Waals surface area (Å²) in [4.78, 5) is 54.0. The van der Waals surface area contributed by atoms with Crippen LogP contribution < -0.4 is 5.32 Å². The second kappa shape index (κ2) is 12.2. The van der Waals surface area contributed by atoms with Crippen molar-refractivity contribution in [3.05, 3.63) is 0 Å². The average molecular weight is 518 g/mol. The summed E-state index contributed by atoms with van der Waals surface area (Å²) in [7, 11) is -0.758. The summed E-state index contributed by atoms with van der Waals surface area (Å²) in [6, 6.07) is -1.31. The van der Waals surface area contributed by atoms with Gasteiger partial charge in [-0.15, -0.1) is 11.8 Å². The van der Waals surface area contributed by atoms with Gasteiger partial charge in [-0.2, -0.15) is 12.7 Å². The SMILES string of the molecule is COC(=O)[C@H](CS[C@@](C)(CN(C(=O)OC)S(=O)(=O)O)C(=O)N(C)OC)NC(=O)OC(C)(C)C. The van der Waals surface area contributed by atoms with E-state index in [0.717, 1.165) is 19.3 Å². The molecule has 0 rings (SSSR count). The molecule has 2 atom stereocenters. The first-order valence-electron chi connectivity index (χ1n) is 9.28. The van der Waals surface area contributed by atoms with E-state index in [-0.39, 0.29) is 10.1 Å². The van der Waals surface area contributed by atoms with Crippen LogP contribution in [0.1, 0.15) is 27.7 Å². The second-order valence-electron chi connectivity index (χ2n) is 7.70. The van der Waals surface area contributed by atoms with Crippen LogP contribution in [-0.4, -0.2) is 103 Å². The van der Waals surface area contributed by atoms with Gasteiger partial charge < -0.3 is 19.5 Å². The largest absolute Gasteiger partial charge is 0.467 e. The molecule has 0 spiro atoms. The maximum atomic E-state index is 12.9. The molecule has 16 heteroatoms. The van der Waals surface area contributed by atoms with E-state index in [0.29, 0.717) is 11.8 Å². The molecule has 0 aromatic heterocycles. The molecular weight excluding hydrogens is 486 g/mol. The first-order chi connectivity index (χ1) is 14.9. The minimum absolute atomic E-state index is 0.0597. The molecule has 0 aliphatic heterocycles. The lowest BCUT2D eigenvalue weighted by Gasteiger charge is -2.34. The molecule has 0 aliphatic rings. The van der Waals surface area contributed by atoms with Crippen molar-refractivity contribution in [3.8, 4) is 0 Å². The highest BCUT2D eigenvalue weighted by Gasteiger charge is 2.44. The first-order valence-corrected chi connectivity index (χ1v) is 11.7. The zero-order valence-electron chi connectivity index (χ0n) is 19.7. The summed E-state index contributed by atoms with van der Waals surface area (Å²) < 4.78 is 45.1. The van der Waals surface area contributed by atoms with E-state index < -0.39 is 57.3 Å². The molecule has 0 aliphatic carbocycles. The summed E-state index contributed by atoms with van der Waals surface area (Å²) in [6.45, 7) is 5.19. The van der Waals surface area contributed by atoms with Gasteiger partial charge in [0, 0.05) is 12.8 Å². The molecule has 3 amide bonds. The van der Waals surface area contributed by atoms with Crippen LogP contribution in [0.25, 0.3) is 0 Å². The monoisotopic (exact) mass is 517 g/mol. The van der Waals surface area contributed by atoms with Crippen molar-refractivity contribution in [3.63, 3.8) is 0 Å². The first kappa shape index (κ1) is 30.7. The molecule has 33 heavy (non-hydrogen) atoms. The minimum atomic E-state index is -5.12. The number of amides is 3. The molecule has 0 bridgehead atoms. The van der Waals surface area contributed by atoms with Gasteiger partial charge in [0.05, 0.1) is 27.9 Å². The van der Waals surface area contributed by atoms with Crippen molar-refractivity contribution in [1.82, 2.24) is 14.7 Å². The molecule has 0 radical (unpaired) electrons. The maximum Gasteiger partial charge on any atom is 0.425 e. The lowest BCUT2D eigenvalue weighted by atomic mass is 10.1. The molecular formula is C17H31N3O11S2. The summed E-state index contributed by atoms with van der Waals surface area (Å²) in [5.41, 5.74) is -0.861. The van der Waals surface area contributed by atoms with Gasteiger partial charge in [0.2, 0.25) is 0 Å². The summed E-state index contributed by atoms with van der Waals surface area (Å²) in [5.74, 6) is -2.01. The standard InChI is InChI=1S/C17H31N3O11S2/c1-16(2,3)31-14(23)18-11(12(21)28-6)9-32-17(4,13(22)19(5)30-8)10-20(15(24)29-7)33(25,26)27/h11H,9-10H2,1-8H3,(H,18,23)(H,25,26,27)/t11-,17-/m0/s1. The molecule has 0 saturated heterocycles. The fourth-order valence-corrected chi connectivity index (χ4v) is 4.23. The Bertz CT molecular complexity index is 829. The van der Waals surface area contributed by atoms with E-state index in [4.69, 9.17) is 9.57 Å².